The van der Waals surface area contributed by atoms with Crippen LogP contribution in [0.2, 0.25) is 0 Å². The van der Waals surface area contributed by atoms with E-state index in [-0.39, 0.29) is 23.6 Å². The average Bonchev–Trinajstić information content (AvgIpc) is 3.11. The molecule has 2 heterocycles. The molecule has 1 N–H and O–H groups in total. The number of para-hydroxylation sites is 3. The number of nitrogens with one attached hydrogen (secondary N) is 1. The van der Waals surface area contributed by atoms with Crippen LogP contribution in [0.5, 0.6) is 0 Å². The maximum Gasteiger partial charge on any atom is 0.294 e. The van der Waals surface area contributed by atoms with Crippen molar-refractivity contribution in [2.24, 2.45) is 0 Å². The Morgan fingerprint density at radius 1 is 1.00 bits per heavy atom. The molecule has 10 heteroatoms. The molecule has 0 unspecified atom stereocenters. The van der Waals surface area contributed by atoms with Crippen LogP contribution in [0.3, 0.4) is 0 Å². The molecule has 0 atom stereocenters. The lowest BCUT2D eigenvalue weighted by Gasteiger charge is -2.12. The number of nitro groups is 1. The molecule has 172 valence electrons. The molecule has 0 aliphatic heterocycles. The number of nitrogens with zero attached hydrogens (tertiary/aromatic N) is 5. The third kappa shape index (κ3) is 4.20. The summed E-state index contributed by atoms with van der Waals surface area (Å²) in [7, 11) is 0. The van der Waals surface area contributed by atoms with Crippen molar-refractivity contribution < 1.29 is 9.72 Å². The normalized spacial score (nSPS) is 10.8. The van der Waals surface area contributed by atoms with E-state index in [1.54, 1.807) is 17.7 Å². The molecule has 2 aromatic carbocycles. The van der Waals surface area contributed by atoms with Gasteiger partial charge in [-0.1, -0.05) is 30.3 Å². The first-order valence-electron chi connectivity index (χ1n) is 10.5. The lowest BCUT2D eigenvalue weighted by molar-refractivity contribution is -0.384. The highest BCUT2D eigenvalue weighted by Crippen LogP contribution is 2.22. The second-order valence-electron chi connectivity index (χ2n) is 7.74. The fourth-order valence-electron chi connectivity index (χ4n) is 3.75. The van der Waals surface area contributed by atoms with Crippen molar-refractivity contribution in [2.45, 2.75) is 27.3 Å². The molecule has 4 aromatic rings. The summed E-state index contributed by atoms with van der Waals surface area (Å²) in [6.07, 6.45) is 0. The highest BCUT2D eigenvalue weighted by molar-refractivity contribution is 5.92. The molecule has 10 nitrogen and oxygen atoms in total. The van der Waals surface area contributed by atoms with E-state index < -0.39 is 16.3 Å². The SMILES string of the molecule is Cc1nn(-c2ccccc2)c(C)c1CNC(=O)c1nn(-c2ccccc2[N+](=O)[O-])c(C)cc1=O. The summed E-state index contributed by atoms with van der Waals surface area (Å²) in [6.45, 7) is 5.49. The number of carbonyl (C=O) groups excluding carboxylic acids is 1. The molecule has 0 fully saturated rings. The van der Waals surface area contributed by atoms with Crippen LogP contribution in [0.25, 0.3) is 11.4 Å². The Bertz CT molecular complexity index is 1460. The Morgan fingerprint density at radius 2 is 1.68 bits per heavy atom. The second kappa shape index (κ2) is 9.10. The second-order valence-corrected chi connectivity index (χ2v) is 7.74. The molecule has 1 amide bonds. The highest BCUT2D eigenvalue weighted by Gasteiger charge is 2.21. The molecule has 2 aromatic heterocycles. The molecule has 0 saturated carbocycles. The Morgan fingerprint density at radius 3 is 2.38 bits per heavy atom. The number of amides is 1. The Kier molecular flexibility index (Phi) is 6.05. The van der Waals surface area contributed by atoms with E-state index in [4.69, 9.17) is 0 Å². The molecule has 0 saturated heterocycles. The summed E-state index contributed by atoms with van der Waals surface area (Å²) in [6, 6.07) is 16.9. The van der Waals surface area contributed by atoms with Gasteiger partial charge in [0.05, 0.1) is 16.3 Å². The lowest BCUT2D eigenvalue weighted by Crippen LogP contribution is -2.32. The monoisotopic (exact) mass is 458 g/mol. The van der Waals surface area contributed by atoms with Crippen molar-refractivity contribution in [1.82, 2.24) is 24.9 Å². The first-order chi connectivity index (χ1) is 16.3. The van der Waals surface area contributed by atoms with Crippen molar-refractivity contribution in [3.05, 3.63) is 109 Å². The zero-order chi connectivity index (χ0) is 24.4. The fourth-order valence-corrected chi connectivity index (χ4v) is 3.75. The minimum atomic E-state index is -0.677. The van der Waals surface area contributed by atoms with Gasteiger partial charge >= 0.3 is 0 Å². The Hall–Kier alpha value is -4.60. The summed E-state index contributed by atoms with van der Waals surface area (Å²) >= 11 is 0. The standard InChI is InChI=1S/C24H22N6O4/c1-15-13-22(31)23(27-28(15)20-11-7-8-12-21(20)30(33)34)24(32)25-14-19-16(2)26-29(17(19)3)18-9-5-4-6-10-18/h4-13H,14H2,1-3H3,(H,25,32). The fraction of sp³-hybridized carbons (Fsp3) is 0.167. The quantitative estimate of drug-likeness (QED) is 0.349. The molecule has 34 heavy (non-hydrogen) atoms. The van der Waals surface area contributed by atoms with Crippen LogP contribution in [-0.4, -0.2) is 30.4 Å². The number of aryl methyl sites for hydroxylation is 2. The number of carbonyl (C=O) groups is 1. The van der Waals surface area contributed by atoms with E-state index in [9.17, 15) is 19.7 Å². The summed E-state index contributed by atoms with van der Waals surface area (Å²) in [5.74, 6) is -0.677. The Labute approximate surface area is 194 Å². The number of rotatable bonds is 6. The van der Waals surface area contributed by atoms with Gasteiger partial charge in [-0.15, -0.1) is 0 Å². The van der Waals surface area contributed by atoms with Crippen LogP contribution in [-0.2, 0) is 6.54 Å². The summed E-state index contributed by atoms with van der Waals surface area (Å²) in [5.41, 5.74) is 2.74. The molecular weight excluding hydrogens is 436 g/mol. The van der Waals surface area contributed by atoms with E-state index >= 15 is 0 Å². The zero-order valence-corrected chi connectivity index (χ0v) is 18.8. The lowest BCUT2D eigenvalue weighted by atomic mass is 10.2. The van der Waals surface area contributed by atoms with E-state index in [1.807, 2.05) is 44.2 Å². The van der Waals surface area contributed by atoms with Gasteiger partial charge in [-0.3, -0.25) is 19.7 Å². The van der Waals surface area contributed by atoms with Crippen LogP contribution in [0.4, 0.5) is 5.69 Å². The first-order valence-corrected chi connectivity index (χ1v) is 10.5. The van der Waals surface area contributed by atoms with Crippen LogP contribution in [0.1, 0.15) is 33.1 Å². The molecule has 0 aliphatic rings. The smallest absolute Gasteiger partial charge is 0.294 e. The van der Waals surface area contributed by atoms with Crippen molar-refractivity contribution in [3.63, 3.8) is 0 Å². The number of aromatic nitrogens is 4. The Balaban J connectivity index is 1.63. The predicted octanol–water partition coefficient (Wildman–Crippen LogP) is 3.18. The van der Waals surface area contributed by atoms with Gasteiger partial charge in [0, 0.05) is 35.6 Å². The zero-order valence-electron chi connectivity index (χ0n) is 18.8. The highest BCUT2D eigenvalue weighted by atomic mass is 16.6. The van der Waals surface area contributed by atoms with Gasteiger partial charge in [-0.05, 0) is 39.0 Å². The molecule has 0 spiro atoms. The largest absolute Gasteiger partial charge is 0.346 e. The van der Waals surface area contributed by atoms with Crippen LogP contribution >= 0.6 is 0 Å². The third-order valence-corrected chi connectivity index (χ3v) is 5.50. The van der Waals surface area contributed by atoms with Crippen molar-refractivity contribution in [2.75, 3.05) is 0 Å². The van der Waals surface area contributed by atoms with Gasteiger partial charge in [-0.2, -0.15) is 10.2 Å². The van der Waals surface area contributed by atoms with Gasteiger partial charge < -0.3 is 5.32 Å². The number of benzene rings is 2. The first kappa shape index (κ1) is 22.6. The average molecular weight is 458 g/mol. The number of nitro benzene ring substituents is 1. The maximum absolute atomic E-state index is 12.9. The van der Waals surface area contributed by atoms with Crippen molar-refractivity contribution in [3.8, 4) is 11.4 Å². The minimum absolute atomic E-state index is 0.143. The van der Waals surface area contributed by atoms with Crippen molar-refractivity contribution in [1.29, 1.82) is 0 Å². The van der Waals surface area contributed by atoms with E-state index in [2.05, 4.69) is 15.5 Å². The van der Waals surface area contributed by atoms with E-state index in [1.165, 1.54) is 28.9 Å². The van der Waals surface area contributed by atoms with Gasteiger partial charge in [-0.25, -0.2) is 9.36 Å². The molecule has 4 rings (SSSR count). The van der Waals surface area contributed by atoms with Crippen LogP contribution in [0.15, 0.2) is 65.5 Å². The van der Waals surface area contributed by atoms with Gasteiger partial charge in [0.25, 0.3) is 11.6 Å². The van der Waals surface area contributed by atoms with Crippen LogP contribution in [0, 0.1) is 30.9 Å². The topological polar surface area (TPSA) is 125 Å². The van der Waals surface area contributed by atoms with E-state index in [0.717, 1.165) is 22.6 Å². The van der Waals surface area contributed by atoms with Gasteiger partial charge in [0.15, 0.2) is 5.69 Å². The number of hydrogen-bond donors (Lipinski definition) is 1. The van der Waals surface area contributed by atoms with E-state index in [0.29, 0.717) is 5.69 Å². The third-order valence-electron chi connectivity index (χ3n) is 5.50. The molecular formula is C24H22N6O4. The van der Waals surface area contributed by atoms with Gasteiger partial charge in [0.1, 0.15) is 5.69 Å². The summed E-state index contributed by atoms with van der Waals surface area (Å²) in [4.78, 5) is 36.3. The maximum atomic E-state index is 12.9. The van der Waals surface area contributed by atoms with Crippen LogP contribution < -0.4 is 10.7 Å². The molecule has 0 radical (unpaired) electrons. The number of hydrogen-bond acceptors (Lipinski definition) is 6. The molecule has 0 bridgehead atoms. The van der Waals surface area contributed by atoms with Crippen molar-refractivity contribution >= 4 is 11.6 Å². The summed E-state index contributed by atoms with van der Waals surface area (Å²) in [5, 5.41) is 22.9. The summed E-state index contributed by atoms with van der Waals surface area (Å²) < 4.78 is 3.03. The minimum Gasteiger partial charge on any atom is -0.346 e. The molecule has 0 aliphatic carbocycles. The predicted molar refractivity (Wildman–Crippen MR) is 125 cm³/mol. The van der Waals surface area contributed by atoms with Gasteiger partial charge in [0.2, 0.25) is 5.43 Å².